The average Bonchev–Trinajstić information content (AvgIpc) is 2.69. The fourth-order valence-electron chi connectivity index (χ4n) is 1.46. The van der Waals surface area contributed by atoms with Crippen molar-refractivity contribution in [3.63, 3.8) is 0 Å². The largest absolute Gasteiger partial charge is 0.477 e. The summed E-state index contributed by atoms with van der Waals surface area (Å²) in [4.78, 5) is 13.6. The van der Waals surface area contributed by atoms with Crippen LogP contribution in [0.5, 0.6) is 0 Å². The summed E-state index contributed by atoms with van der Waals surface area (Å²) in [6.45, 7) is 0. The van der Waals surface area contributed by atoms with Gasteiger partial charge in [0.15, 0.2) is 0 Å². The van der Waals surface area contributed by atoms with E-state index >= 15 is 0 Å². The summed E-state index contributed by atoms with van der Waals surface area (Å²) < 4.78 is 0. The standard InChI is InChI=1S/C12H8ClNO2/c13-5-1-2-8-3-4-10-9(6-8)7-11(14-10)12(15)16/h3-4,6-7,14H,5H2,(H,15,16). The second-order valence-corrected chi connectivity index (χ2v) is 3.49. The van der Waals surface area contributed by atoms with Crippen molar-refractivity contribution in [1.82, 2.24) is 4.98 Å². The van der Waals surface area contributed by atoms with Crippen LogP contribution >= 0.6 is 11.6 Å². The first-order chi connectivity index (χ1) is 7.70. The smallest absolute Gasteiger partial charge is 0.352 e. The highest BCUT2D eigenvalue weighted by atomic mass is 35.5. The van der Waals surface area contributed by atoms with Crippen LogP contribution in [-0.2, 0) is 0 Å². The van der Waals surface area contributed by atoms with Gasteiger partial charge in [0, 0.05) is 16.5 Å². The van der Waals surface area contributed by atoms with E-state index in [1.165, 1.54) is 0 Å². The molecular weight excluding hydrogens is 226 g/mol. The van der Waals surface area contributed by atoms with E-state index in [4.69, 9.17) is 16.7 Å². The first kappa shape index (κ1) is 10.6. The SMILES string of the molecule is O=C(O)c1cc2cc(C#CCCl)ccc2[nH]1. The molecule has 0 unspecified atom stereocenters. The maximum absolute atomic E-state index is 10.8. The van der Waals surface area contributed by atoms with Gasteiger partial charge in [0.25, 0.3) is 0 Å². The highest BCUT2D eigenvalue weighted by Crippen LogP contribution is 2.16. The minimum atomic E-state index is -0.968. The van der Waals surface area contributed by atoms with Crippen molar-refractivity contribution < 1.29 is 9.90 Å². The first-order valence-corrected chi connectivity index (χ1v) is 5.15. The minimum absolute atomic E-state index is 0.178. The normalized spacial score (nSPS) is 9.81. The van der Waals surface area contributed by atoms with Crippen molar-refractivity contribution in [2.24, 2.45) is 0 Å². The summed E-state index contributed by atoms with van der Waals surface area (Å²) in [7, 11) is 0. The topological polar surface area (TPSA) is 53.1 Å². The number of fused-ring (bicyclic) bond motifs is 1. The molecule has 0 radical (unpaired) electrons. The van der Waals surface area contributed by atoms with Crippen LogP contribution in [-0.4, -0.2) is 21.9 Å². The lowest BCUT2D eigenvalue weighted by Crippen LogP contribution is -1.94. The molecule has 0 saturated carbocycles. The predicted molar refractivity (Wildman–Crippen MR) is 62.9 cm³/mol. The molecule has 0 atom stereocenters. The van der Waals surface area contributed by atoms with Gasteiger partial charge >= 0.3 is 5.97 Å². The molecule has 0 aliphatic carbocycles. The summed E-state index contributed by atoms with van der Waals surface area (Å²) in [5, 5.41) is 9.65. The molecular formula is C12H8ClNO2. The van der Waals surface area contributed by atoms with Crippen LogP contribution in [0.2, 0.25) is 0 Å². The highest BCUT2D eigenvalue weighted by molar-refractivity contribution is 6.19. The van der Waals surface area contributed by atoms with E-state index in [-0.39, 0.29) is 11.6 Å². The molecule has 0 fully saturated rings. The summed E-state index contributed by atoms with van der Waals surface area (Å²) in [5.41, 5.74) is 1.79. The quantitative estimate of drug-likeness (QED) is 0.587. The third-order valence-corrected chi connectivity index (χ3v) is 2.28. The summed E-state index contributed by atoms with van der Waals surface area (Å²) in [6, 6.07) is 7.05. The van der Waals surface area contributed by atoms with Gasteiger partial charge in [-0.3, -0.25) is 0 Å². The van der Waals surface area contributed by atoms with E-state index in [0.29, 0.717) is 0 Å². The molecule has 2 rings (SSSR count). The molecule has 2 aromatic rings. The molecule has 16 heavy (non-hydrogen) atoms. The van der Waals surface area contributed by atoms with E-state index < -0.39 is 5.97 Å². The third-order valence-electron chi connectivity index (χ3n) is 2.15. The number of aromatic amines is 1. The minimum Gasteiger partial charge on any atom is -0.477 e. The van der Waals surface area contributed by atoms with Crippen molar-refractivity contribution in [3.05, 3.63) is 35.5 Å². The van der Waals surface area contributed by atoms with Gasteiger partial charge in [-0.25, -0.2) is 4.79 Å². The molecule has 0 saturated heterocycles. The molecule has 1 aromatic heterocycles. The number of aromatic carboxylic acids is 1. The Morgan fingerprint density at radius 1 is 1.44 bits per heavy atom. The Morgan fingerprint density at radius 3 is 2.94 bits per heavy atom. The van der Waals surface area contributed by atoms with Crippen LogP contribution in [0, 0.1) is 11.8 Å². The lowest BCUT2D eigenvalue weighted by Gasteiger charge is -1.90. The second kappa shape index (κ2) is 4.30. The molecule has 80 valence electrons. The zero-order valence-corrected chi connectivity index (χ0v) is 9.01. The van der Waals surface area contributed by atoms with Crippen LogP contribution in [0.1, 0.15) is 16.1 Å². The lowest BCUT2D eigenvalue weighted by molar-refractivity contribution is 0.0691. The number of carbonyl (C=O) groups is 1. The summed E-state index contributed by atoms with van der Waals surface area (Å²) >= 11 is 5.46. The Balaban J connectivity index is 2.49. The summed E-state index contributed by atoms with van der Waals surface area (Å²) in [5.74, 6) is 4.94. The molecule has 1 aromatic carbocycles. The number of carboxylic acid groups (broad SMARTS) is 1. The summed E-state index contributed by atoms with van der Waals surface area (Å²) in [6.07, 6.45) is 0. The molecule has 1 heterocycles. The van der Waals surface area contributed by atoms with Gasteiger partial charge < -0.3 is 10.1 Å². The molecule has 3 nitrogen and oxygen atoms in total. The van der Waals surface area contributed by atoms with Crippen LogP contribution in [0.4, 0.5) is 0 Å². The van der Waals surface area contributed by atoms with Gasteiger partial charge in [-0.2, -0.15) is 0 Å². The highest BCUT2D eigenvalue weighted by Gasteiger charge is 2.06. The predicted octanol–water partition coefficient (Wildman–Crippen LogP) is 2.46. The number of alkyl halides is 1. The number of H-pyrrole nitrogens is 1. The van der Waals surface area contributed by atoms with E-state index in [0.717, 1.165) is 16.5 Å². The van der Waals surface area contributed by atoms with Crippen LogP contribution in [0.3, 0.4) is 0 Å². The molecule has 0 bridgehead atoms. The van der Waals surface area contributed by atoms with Gasteiger partial charge in [0.2, 0.25) is 0 Å². The van der Waals surface area contributed by atoms with Crippen LogP contribution in [0.15, 0.2) is 24.3 Å². The van der Waals surface area contributed by atoms with E-state index in [1.54, 1.807) is 12.1 Å². The molecule has 0 amide bonds. The second-order valence-electron chi connectivity index (χ2n) is 3.23. The fourth-order valence-corrected chi connectivity index (χ4v) is 1.53. The third kappa shape index (κ3) is 2.02. The van der Waals surface area contributed by atoms with Crippen molar-refractivity contribution in [2.45, 2.75) is 0 Å². The van der Waals surface area contributed by atoms with E-state index in [2.05, 4.69) is 16.8 Å². The number of halogens is 1. The van der Waals surface area contributed by atoms with E-state index in [1.807, 2.05) is 12.1 Å². The van der Waals surface area contributed by atoms with Crippen LogP contribution in [0.25, 0.3) is 10.9 Å². The number of aromatic nitrogens is 1. The fraction of sp³-hybridized carbons (Fsp3) is 0.0833. The van der Waals surface area contributed by atoms with Gasteiger partial charge in [-0.1, -0.05) is 11.8 Å². The van der Waals surface area contributed by atoms with Crippen molar-refractivity contribution >= 4 is 28.5 Å². The maximum atomic E-state index is 10.8. The Labute approximate surface area is 97.0 Å². The van der Waals surface area contributed by atoms with E-state index in [9.17, 15) is 4.79 Å². The Kier molecular flexibility index (Phi) is 2.84. The first-order valence-electron chi connectivity index (χ1n) is 4.61. The number of hydrogen-bond acceptors (Lipinski definition) is 1. The molecule has 4 heteroatoms. The molecule has 0 aliphatic rings. The number of rotatable bonds is 1. The maximum Gasteiger partial charge on any atom is 0.352 e. The number of carboxylic acids is 1. The zero-order valence-electron chi connectivity index (χ0n) is 8.25. The number of hydrogen-bond donors (Lipinski definition) is 2. The van der Waals surface area contributed by atoms with Gasteiger partial charge in [0.1, 0.15) is 5.69 Å². The molecule has 0 spiro atoms. The monoisotopic (exact) mass is 233 g/mol. The Hall–Kier alpha value is -1.92. The van der Waals surface area contributed by atoms with Crippen molar-refractivity contribution in [1.29, 1.82) is 0 Å². The Bertz CT molecular complexity index is 604. The average molecular weight is 234 g/mol. The van der Waals surface area contributed by atoms with Crippen molar-refractivity contribution in [2.75, 3.05) is 5.88 Å². The molecule has 2 N–H and O–H groups in total. The molecule has 0 aliphatic heterocycles. The van der Waals surface area contributed by atoms with Gasteiger partial charge in [-0.15, -0.1) is 11.6 Å². The number of benzene rings is 1. The Morgan fingerprint density at radius 2 is 2.25 bits per heavy atom. The number of nitrogens with one attached hydrogen (secondary N) is 1. The zero-order chi connectivity index (χ0) is 11.5. The van der Waals surface area contributed by atoms with Gasteiger partial charge in [0.05, 0.1) is 5.88 Å². The van der Waals surface area contributed by atoms with Crippen LogP contribution < -0.4 is 0 Å². The van der Waals surface area contributed by atoms with Crippen molar-refractivity contribution in [3.8, 4) is 11.8 Å². The van der Waals surface area contributed by atoms with Gasteiger partial charge in [-0.05, 0) is 24.3 Å². The lowest BCUT2D eigenvalue weighted by atomic mass is 10.1.